The van der Waals surface area contributed by atoms with Crippen LogP contribution in [0.15, 0.2) is 48.7 Å². The summed E-state index contributed by atoms with van der Waals surface area (Å²) in [5, 5.41) is 11.1. The molecule has 1 saturated heterocycles. The van der Waals surface area contributed by atoms with Crippen LogP contribution in [0.4, 0.5) is 5.69 Å². The second-order valence-corrected chi connectivity index (χ2v) is 6.13. The lowest BCUT2D eigenvalue weighted by atomic mass is 10.1. The van der Waals surface area contributed by atoms with Crippen LogP contribution in [0.2, 0.25) is 0 Å². The lowest BCUT2D eigenvalue weighted by Crippen LogP contribution is -3.27. The van der Waals surface area contributed by atoms with Crippen LogP contribution in [-0.2, 0) is 13.1 Å². The highest BCUT2D eigenvalue weighted by Gasteiger charge is 2.26. The fraction of sp³-hybridized carbons (Fsp3) is 0.353. The molecule has 1 aliphatic rings. The first-order valence-electron chi connectivity index (χ1n) is 8.07. The van der Waals surface area contributed by atoms with E-state index in [2.05, 4.69) is 17.1 Å². The molecule has 6 nitrogen and oxygen atoms in total. The maximum absolute atomic E-state index is 11.1. The molecule has 1 aliphatic heterocycles. The third-order valence-corrected chi connectivity index (χ3v) is 4.51. The van der Waals surface area contributed by atoms with Crippen LogP contribution in [-0.4, -0.2) is 31.1 Å². The van der Waals surface area contributed by atoms with Gasteiger partial charge in [-0.3, -0.25) is 10.1 Å². The summed E-state index contributed by atoms with van der Waals surface area (Å²) in [5.41, 5.74) is 2.34. The van der Waals surface area contributed by atoms with Gasteiger partial charge >= 0.3 is 0 Å². The van der Waals surface area contributed by atoms with Crippen molar-refractivity contribution in [2.75, 3.05) is 26.2 Å². The zero-order valence-electron chi connectivity index (χ0n) is 13.1. The van der Waals surface area contributed by atoms with Crippen LogP contribution in [0.1, 0.15) is 11.3 Å². The minimum Gasteiger partial charge on any atom is -0.322 e. The van der Waals surface area contributed by atoms with Crippen LogP contribution in [0.3, 0.4) is 0 Å². The maximum atomic E-state index is 11.1. The second kappa shape index (κ2) is 7.30. The lowest BCUT2D eigenvalue weighted by molar-refractivity contribution is -1.03. The van der Waals surface area contributed by atoms with Gasteiger partial charge in [0.05, 0.1) is 10.5 Å². The van der Waals surface area contributed by atoms with E-state index in [1.165, 1.54) is 10.6 Å². The van der Waals surface area contributed by atoms with E-state index in [0.717, 1.165) is 44.8 Å². The molecule has 0 unspecified atom stereocenters. The summed E-state index contributed by atoms with van der Waals surface area (Å²) in [6.07, 6.45) is 1.96. The first kappa shape index (κ1) is 15.6. The van der Waals surface area contributed by atoms with Gasteiger partial charge in [0.1, 0.15) is 32.7 Å². The fourth-order valence-corrected chi connectivity index (χ4v) is 3.23. The summed E-state index contributed by atoms with van der Waals surface area (Å²) in [5.74, 6) is 0. The number of para-hydroxylation sites is 1. The predicted octanol–water partition coefficient (Wildman–Crippen LogP) is -1.11. The Labute approximate surface area is 135 Å². The number of hydrogen-bond acceptors (Lipinski definition) is 2. The Bertz CT molecular complexity index is 655. The van der Waals surface area contributed by atoms with Gasteiger partial charge in [-0.15, -0.1) is 0 Å². The third-order valence-electron chi connectivity index (χ3n) is 4.51. The number of aromatic amines is 1. The molecule has 1 fully saturated rings. The molecule has 0 saturated carbocycles. The minimum atomic E-state index is -0.276. The van der Waals surface area contributed by atoms with Gasteiger partial charge in [-0.2, -0.15) is 0 Å². The van der Waals surface area contributed by atoms with Gasteiger partial charge in [-0.05, 0) is 12.1 Å². The standard InChI is InChI=1S/C17H20N4O2/c22-21(23)17-7-2-1-5-15(17)13-19-9-11-20(12-10-19)14-16-6-3-4-8-18-16/h1-8H,9-14H2/p+3. The van der Waals surface area contributed by atoms with Crippen molar-refractivity contribution in [2.45, 2.75) is 13.1 Å². The Morgan fingerprint density at radius 2 is 1.61 bits per heavy atom. The average molecular weight is 315 g/mol. The van der Waals surface area contributed by atoms with E-state index in [-0.39, 0.29) is 10.6 Å². The molecule has 2 aromatic rings. The molecule has 3 N–H and O–H groups in total. The number of aromatic nitrogens is 1. The monoisotopic (exact) mass is 315 g/mol. The van der Waals surface area contributed by atoms with E-state index in [0.29, 0.717) is 0 Å². The molecule has 120 valence electrons. The maximum Gasteiger partial charge on any atom is 0.278 e. The predicted molar refractivity (Wildman–Crippen MR) is 84.9 cm³/mol. The number of nitro benzene ring substituents is 1. The normalized spacial score (nSPS) is 21.0. The van der Waals surface area contributed by atoms with Crippen molar-refractivity contribution in [1.29, 1.82) is 0 Å². The molecular formula is C17H23N4O2+3. The SMILES string of the molecule is O=[N+]([O-])c1ccccc1C[NH+]1CC[NH+](Cc2cccc[nH+]2)CC1. The molecule has 0 bridgehead atoms. The summed E-state index contributed by atoms with van der Waals surface area (Å²) in [6, 6.07) is 13.3. The van der Waals surface area contributed by atoms with E-state index >= 15 is 0 Å². The summed E-state index contributed by atoms with van der Waals surface area (Å²) in [7, 11) is 0. The Balaban J connectivity index is 1.54. The van der Waals surface area contributed by atoms with Gasteiger partial charge in [-0.25, -0.2) is 4.98 Å². The molecule has 1 aromatic carbocycles. The number of nitro groups is 1. The summed E-state index contributed by atoms with van der Waals surface area (Å²) >= 11 is 0. The van der Waals surface area contributed by atoms with Crippen LogP contribution >= 0.6 is 0 Å². The zero-order chi connectivity index (χ0) is 16.1. The van der Waals surface area contributed by atoms with Gasteiger partial charge in [-0.1, -0.05) is 12.1 Å². The van der Waals surface area contributed by atoms with Crippen LogP contribution in [0.5, 0.6) is 0 Å². The molecule has 0 amide bonds. The smallest absolute Gasteiger partial charge is 0.278 e. The molecule has 0 spiro atoms. The topological polar surface area (TPSA) is 66.2 Å². The number of nitrogens with one attached hydrogen (secondary N) is 3. The highest BCUT2D eigenvalue weighted by molar-refractivity contribution is 5.39. The Kier molecular flexibility index (Phi) is 4.95. The molecule has 1 aromatic heterocycles. The molecule has 23 heavy (non-hydrogen) atoms. The van der Waals surface area contributed by atoms with Crippen molar-refractivity contribution in [1.82, 2.24) is 0 Å². The lowest BCUT2D eigenvalue weighted by Gasteiger charge is -2.28. The van der Waals surface area contributed by atoms with E-state index in [9.17, 15) is 10.1 Å². The summed E-state index contributed by atoms with van der Waals surface area (Å²) < 4.78 is 0. The van der Waals surface area contributed by atoms with Gasteiger partial charge in [0, 0.05) is 18.2 Å². The number of nitrogens with zero attached hydrogens (tertiary/aromatic N) is 1. The van der Waals surface area contributed by atoms with Gasteiger partial charge in [0.25, 0.3) is 5.69 Å². The molecule has 0 aliphatic carbocycles. The average Bonchev–Trinajstić information content (AvgIpc) is 2.58. The summed E-state index contributed by atoms with van der Waals surface area (Å²) in [4.78, 5) is 17.1. The van der Waals surface area contributed by atoms with Crippen molar-refractivity contribution in [3.8, 4) is 0 Å². The highest BCUT2D eigenvalue weighted by atomic mass is 16.6. The number of pyridine rings is 1. The van der Waals surface area contributed by atoms with E-state index in [4.69, 9.17) is 0 Å². The Hall–Kier alpha value is -2.31. The van der Waals surface area contributed by atoms with Crippen molar-refractivity contribution in [2.24, 2.45) is 0 Å². The van der Waals surface area contributed by atoms with Crippen LogP contribution < -0.4 is 14.8 Å². The minimum absolute atomic E-state index is 0.244. The number of hydrogen-bond donors (Lipinski definition) is 2. The Morgan fingerprint density at radius 1 is 0.957 bits per heavy atom. The molecule has 2 heterocycles. The van der Waals surface area contributed by atoms with Crippen LogP contribution in [0, 0.1) is 10.1 Å². The quantitative estimate of drug-likeness (QED) is 0.543. The van der Waals surface area contributed by atoms with Crippen LogP contribution in [0.25, 0.3) is 0 Å². The van der Waals surface area contributed by atoms with Crippen molar-refractivity contribution < 1.29 is 19.7 Å². The highest BCUT2D eigenvalue weighted by Crippen LogP contribution is 2.16. The number of benzene rings is 1. The molecule has 6 heteroatoms. The largest absolute Gasteiger partial charge is 0.322 e. The molecule has 0 radical (unpaired) electrons. The molecular weight excluding hydrogens is 292 g/mol. The van der Waals surface area contributed by atoms with E-state index in [1.807, 2.05) is 24.4 Å². The fourth-order valence-electron chi connectivity index (χ4n) is 3.23. The Morgan fingerprint density at radius 3 is 2.26 bits per heavy atom. The van der Waals surface area contributed by atoms with Crippen molar-refractivity contribution >= 4 is 5.69 Å². The number of H-pyrrole nitrogens is 1. The zero-order valence-corrected chi connectivity index (χ0v) is 13.1. The van der Waals surface area contributed by atoms with Gasteiger partial charge < -0.3 is 9.80 Å². The van der Waals surface area contributed by atoms with Crippen molar-refractivity contribution in [3.63, 3.8) is 0 Å². The van der Waals surface area contributed by atoms with E-state index in [1.54, 1.807) is 17.0 Å². The van der Waals surface area contributed by atoms with Gasteiger partial charge in [0.15, 0.2) is 12.7 Å². The molecule has 0 atom stereocenters. The second-order valence-electron chi connectivity index (χ2n) is 6.13. The first-order chi connectivity index (χ1) is 11.2. The number of rotatable bonds is 5. The van der Waals surface area contributed by atoms with Crippen molar-refractivity contribution in [3.05, 3.63) is 70.0 Å². The number of piperazine rings is 1. The molecule has 3 rings (SSSR count). The third kappa shape index (κ3) is 4.12. The number of quaternary nitrogens is 2. The first-order valence-corrected chi connectivity index (χ1v) is 8.07. The van der Waals surface area contributed by atoms with Gasteiger partial charge in [0.2, 0.25) is 5.69 Å². The summed E-state index contributed by atoms with van der Waals surface area (Å²) in [6.45, 7) is 6.04. The van der Waals surface area contributed by atoms with E-state index < -0.39 is 0 Å².